The number of ether oxygens (including phenoxy) is 1. The summed E-state index contributed by atoms with van der Waals surface area (Å²) in [5.41, 5.74) is 0. The van der Waals surface area contributed by atoms with Crippen LogP contribution in [0.5, 0.6) is 0 Å². The standard InChI is InChI=1S/C10H20F3NO/c1-3-14-7-9(2)5-4-6-15-8-10(11,12)13/h9,14H,3-8H2,1-2H3. The van der Waals surface area contributed by atoms with Crippen molar-refractivity contribution in [3.8, 4) is 0 Å². The summed E-state index contributed by atoms with van der Waals surface area (Å²) in [6.07, 6.45) is -2.62. The first kappa shape index (κ1) is 14.7. The maximum absolute atomic E-state index is 11.7. The Morgan fingerprint density at radius 3 is 2.53 bits per heavy atom. The zero-order valence-electron chi connectivity index (χ0n) is 9.36. The molecular weight excluding hydrogens is 207 g/mol. The molecule has 0 heterocycles. The van der Waals surface area contributed by atoms with Gasteiger partial charge in [-0.3, -0.25) is 0 Å². The molecule has 0 aliphatic carbocycles. The lowest BCUT2D eigenvalue weighted by Crippen LogP contribution is -2.21. The number of rotatable bonds is 8. The van der Waals surface area contributed by atoms with Gasteiger partial charge in [-0.1, -0.05) is 13.8 Å². The van der Waals surface area contributed by atoms with Gasteiger partial charge in [0.25, 0.3) is 0 Å². The van der Waals surface area contributed by atoms with Crippen molar-refractivity contribution in [2.24, 2.45) is 5.92 Å². The van der Waals surface area contributed by atoms with Crippen molar-refractivity contribution in [2.75, 3.05) is 26.3 Å². The van der Waals surface area contributed by atoms with E-state index in [-0.39, 0.29) is 6.61 Å². The molecule has 0 aromatic rings. The van der Waals surface area contributed by atoms with Crippen molar-refractivity contribution in [3.05, 3.63) is 0 Å². The van der Waals surface area contributed by atoms with Crippen LogP contribution in [-0.4, -0.2) is 32.5 Å². The predicted molar refractivity (Wildman–Crippen MR) is 53.8 cm³/mol. The van der Waals surface area contributed by atoms with E-state index < -0.39 is 12.8 Å². The highest BCUT2D eigenvalue weighted by Gasteiger charge is 2.27. The molecule has 0 aromatic carbocycles. The molecule has 1 atom stereocenters. The van der Waals surface area contributed by atoms with Crippen molar-refractivity contribution in [1.29, 1.82) is 0 Å². The molecule has 5 heteroatoms. The molecule has 1 N–H and O–H groups in total. The van der Waals surface area contributed by atoms with E-state index in [0.717, 1.165) is 19.5 Å². The SMILES string of the molecule is CCNCC(C)CCCOCC(F)(F)F. The minimum atomic E-state index is -4.20. The monoisotopic (exact) mass is 227 g/mol. The molecule has 1 unspecified atom stereocenters. The van der Waals surface area contributed by atoms with E-state index in [2.05, 4.69) is 17.0 Å². The first-order valence-corrected chi connectivity index (χ1v) is 5.31. The zero-order chi connectivity index (χ0) is 11.7. The molecule has 0 amide bonds. The predicted octanol–water partition coefficient (Wildman–Crippen LogP) is 2.59. The largest absolute Gasteiger partial charge is 0.411 e. The van der Waals surface area contributed by atoms with Gasteiger partial charge in [0, 0.05) is 6.61 Å². The fourth-order valence-corrected chi connectivity index (χ4v) is 1.21. The topological polar surface area (TPSA) is 21.3 Å². The fraction of sp³-hybridized carbons (Fsp3) is 1.00. The zero-order valence-corrected chi connectivity index (χ0v) is 9.36. The first-order valence-electron chi connectivity index (χ1n) is 5.31. The van der Waals surface area contributed by atoms with Crippen LogP contribution < -0.4 is 5.32 Å². The van der Waals surface area contributed by atoms with Crippen LogP contribution in [0.3, 0.4) is 0 Å². The van der Waals surface area contributed by atoms with Gasteiger partial charge < -0.3 is 10.1 Å². The van der Waals surface area contributed by atoms with Crippen molar-refractivity contribution >= 4 is 0 Å². The van der Waals surface area contributed by atoms with Gasteiger partial charge in [-0.05, 0) is 31.8 Å². The summed E-state index contributed by atoms with van der Waals surface area (Å²) in [7, 11) is 0. The van der Waals surface area contributed by atoms with Crippen LogP contribution in [-0.2, 0) is 4.74 Å². The van der Waals surface area contributed by atoms with Gasteiger partial charge in [-0.25, -0.2) is 0 Å². The number of nitrogens with one attached hydrogen (secondary N) is 1. The van der Waals surface area contributed by atoms with Gasteiger partial charge >= 0.3 is 6.18 Å². The highest BCUT2D eigenvalue weighted by Crippen LogP contribution is 2.14. The Bertz CT molecular complexity index is 150. The lowest BCUT2D eigenvalue weighted by atomic mass is 10.1. The van der Waals surface area contributed by atoms with Crippen LogP contribution in [0.4, 0.5) is 13.2 Å². The summed E-state index contributed by atoms with van der Waals surface area (Å²) in [6, 6.07) is 0. The maximum Gasteiger partial charge on any atom is 0.411 e. The molecule has 0 saturated carbocycles. The summed E-state index contributed by atoms with van der Waals surface area (Å²) in [6.45, 7) is 5.00. The molecule has 0 aliphatic rings. The molecule has 0 bridgehead atoms. The summed E-state index contributed by atoms with van der Waals surface area (Å²) in [5.74, 6) is 0.486. The third-order valence-corrected chi connectivity index (χ3v) is 1.99. The van der Waals surface area contributed by atoms with E-state index in [1.807, 2.05) is 6.92 Å². The van der Waals surface area contributed by atoms with E-state index >= 15 is 0 Å². The van der Waals surface area contributed by atoms with E-state index in [9.17, 15) is 13.2 Å². The normalized spacial score (nSPS) is 14.2. The molecule has 0 rings (SSSR count). The van der Waals surface area contributed by atoms with Gasteiger partial charge in [-0.2, -0.15) is 13.2 Å². The Kier molecular flexibility index (Phi) is 7.78. The van der Waals surface area contributed by atoms with Crippen molar-refractivity contribution in [1.82, 2.24) is 5.32 Å². The highest BCUT2D eigenvalue weighted by atomic mass is 19.4. The van der Waals surface area contributed by atoms with Crippen molar-refractivity contribution in [3.63, 3.8) is 0 Å². The molecule has 0 aromatic heterocycles. The smallest absolute Gasteiger partial charge is 0.372 e. The first-order chi connectivity index (χ1) is 6.95. The lowest BCUT2D eigenvalue weighted by Gasteiger charge is -2.12. The summed E-state index contributed by atoms with van der Waals surface area (Å²) in [5, 5.41) is 3.19. The minimum Gasteiger partial charge on any atom is -0.372 e. The molecule has 0 fully saturated rings. The quantitative estimate of drug-likeness (QED) is 0.643. The number of hydrogen-bond donors (Lipinski definition) is 1. The second-order valence-electron chi connectivity index (χ2n) is 3.72. The van der Waals surface area contributed by atoms with Gasteiger partial charge in [0.05, 0.1) is 0 Å². The van der Waals surface area contributed by atoms with Gasteiger partial charge in [0.2, 0.25) is 0 Å². The maximum atomic E-state index is 11.7. The number of alkyl halides is 3. The molecule has 0 aliphatic heterocycles. The van der Waals surface area contributed by atoms with Crippen LogP contribution in [0.15, 0.2) is 0 Å². The van der Waals surface area contributed by atoms with E-state index in [1.165, 1.54) is 0 Å². The van der Waals surface area contributed by atoms with Crippen LogP contribution in [0.2, 0.25) is 0 Å². The summed E-state index contributed by atoms with van der Waals surface area (Å²) >= 11 is 0. The second kappa shape index (κ2) is 7.93. The minimum absolute atomic E-state index is 0.190. The second-order valence-corrected chi connectivity index (χ2v) is 3.72. The van der Waals surface area contributed by atoms with Crippen LogP contribution in [0, 0.1) is 5.92 Å². The lowest BCUT2D eigenvalue weighted by molar-refractivity contribution is -0.174. The van der Waals surface area contributed by atoms with E-state index in [1.54, 1.807) is 0 Å². The molecular formula is C10H20F3NO. The fourth-order valence-electron chi connectivity index (χ4n) is 1.21. The Morgan fingerprint density at radius 1 is 1.33 bits per heavy atom. The molecule has 15 heavy (non-hydrogen) atoms. The highest BCUT2D eigenvalue weighted by molar-refractivity contribution is 4.56. The van der Waals surface area contributed by atoms with E-state index in [0.29, 0.717) is 12.3 Å². The third-order valence-electron chi connectivity index (χ3n) is 1.99. The molecule has 0 spiro atoms. The van der Waals surface area contributed by atoms with Crippen LogP contribution in [0.25, 0.3) is 0 Å². The number of halogens is 3. The van der Waals surface area contributed by atoms with Crippen molar-refractivity contribution in [2.45, 2.75) is 32.9 Å². The van der Waals surface area contributed by atoms with Gasteiger partial charge in [0.15, 0.2) is 0 Å². The Balaban J connectivity index is 3.23. The molecule has 92 valence electrons. The Hall–Kier alpha value is -0.290. The van der Waals surface area contributed by atoms with E-state index in [4.69, 9.17) is 0 Å². The van der Waals surface area contributed by atoms with Gasteiger partial charge in [0.1, 0.15) is 6.61 Å². The Labute approximate surface area is 89.2 Å². The van der Waals surface area contributed by atoms with Crippen molar-refractivity contribution < 1.29 is 17.9 Å². The molecule has 0 saturated heterocycles. The van der Waals surface area contributed by atoms with Crippen LogP contribution in [0.1, 0.15) is 26.7 Å². The van der Waals surface area contributed by atoms with Crippen LogP contribution >= 0.6 is 0 Å². The summed E-state index contributed by atoms with van der Waals surface area (Å²) in [4.78, 5) is 0. The average molecular weight is 227 g/mol. The Morgan fingerprint density at radius 2 is 2.00 bits per heavy atom. The third kappa shape index (κ3) is 11.6. The molecule has 2 nitrogen and oxygen atoms in total. The van der Waals surface area contributed by atoms with Gasteiger partial charge in [-0.15, -0.1) is 0 Å². The number of hydrogen-bond acceptors (Lipinski definition) is 2. The summed E-state index contributed by atoms with van der Waals surface area (Å²) < 4.78 is 39.5. The molecule has 0 radical (unpaired) electrons. The average Bonchev–Trinajstić information content (AvgIpc) is 2.12.